The van der Waals surface area contributed by atoms with Crippen molar-refractivity contribution in [2.75, 3.05) is 19.4 Å². The maximum atomic E-state index is 12.7. The molecule has 0 aliphatic carbocycles. The molecule has 3 rings (SSSR count). The Hall–Kier alpha value is -2.24. The molecule has 1 unspecified atom stereocenters. The lowest BCUT2D eigenvalue weighted by Gasteiger charge is -2.23. The second-order valence-electron chi connectivity index (χ2n) is 5.69. The van der Waals surface area contributed by atoms with Crippen molar-refractivity contribution < 1.29 is 4.79 Å². The molecule has 0 aliphatic rings. The molecule has 23 heavy (non-hydrogen) atoms. The van der Waals surface area contributed by atoms with Gasteiger partial charge in [-0.1, -0.05) is 12.1 Å². The molecule has 2 aromatic heterocycles. The van der Waals surface area contributed by atoms with Gasteiger partial charge in [0.2, 0.25) is 5.91 Å². The average molecular weight is 325 g/mol. The van der Waals surface area contributed by atoms with E-state index in [1.165, 1.54) is 4.88 Å². The molecule has 0 saturated heterocycles. The van der Waals surface area contributed by atoms with Gasteiger partial charge in [0.25, 0.3) is 0 Å². The molecular formula is C18H19N3OS. The van der Waals surface area contributed by atoms with E-state index < -0.39 is 0 Å². The van der Waals surface area contributed by atoms with Crippen molar-refractivity contribution in [2.24, 2.45) is 0 Å². The van der Waals surface area contributed by atoms with Crippen molar-refractivity contribution in [1.29, 1.82) is 0 Å². The number of carbonyl (C=O) groups excluding carboxylic acids is 1. The number of thiophene rings is 1. The van der Waals surface area contributed by atoms with E-state index >= 15 is 0 Å². The highest BCUT2D eigenvalue weighted by molar-refractivity contribution is 7.09. The van der Waals surface area contributed by atoms with Crippen LogP contribution in [0.25, 0.3) is 10.8 Å². The minimum Gasteiger partial charge on any atom is -0.325 e. The van der Waals surface area contributed by atoms with Crippen molar-refractivity contribution in [3.63, 3.8) is 0 Å². The fourth-order valence-corrected chi connectivity index (χ4v) is 3.26. The third kappa shape index (κ3) is 3.75. The largest absolute Gasteiger partial charge is 0.325 e. The predicted octanol–water partition coefficient (Wildman–Crippen LogP) is 3.41. The highest BCUT2D eigenvalue weighted by atomic mass is 32.1. The molecular weight excluding hydrogens is 306 g/mol. The van der Waals surface area contributed by atoms with Crippen LogP contribution in [-0.2, 0) is 11.2 Å². The molecule has 1 atom stereocenters. The summed E-state index contributed by atoms with van der Waals surface area (Å²) in [5.74, 6) is 0.00615. The molecule has 3 aromatic rings. The van der Waals surface area contributed by atoms with Gasteiger partial charge in [0.1, 0.15) is 0 Å². The Bertz CT molecular complexity index is 799. The number of benzene rings is 1. The van der Waals surface area contributed by atoms with E-state index in [1.807, 2.05) is 54.7 Å². The van der Waals surface area contributed by atoms with Crippen molar-refractivity contribution in [1.82, 2.24) is 9.88 Å². The number of anilines is 1. The fraction of sp³-hybridized carbons (Fsp3) is 0.222. The fourth-order valence-electron chi connectivity index (χ4n) is 2.52. The molecule has 0 bridgehead atoms. The lowest BCUT2D eigenvalue weighted by atomic mass is 10.1. The summed E-state index contributed by atoms with van der Waals surface area (Å²) in [6.07, 6.45) is 4.29. The minimum absolute atomic E-state index is 0.00615. The number of nitrogens with one attached hydrogen (secondary N) is 1. The van der Waals surface area contributed by atoms with Crippen LogP contribution in [0, 0.1) is 0 Å². The van der Waals surface area contributed by atoms with Gasteiger partial charge in [0, 0.05) is 34.8 Å². The Kier molecular flexibility index (Phi) is 4.69. The van der Waals surface area contributed by atoms with Gasteiger partial charge in [-0.05, 0) is 49.1 Å². The summed E-state index contributed by atoms with van der Waals surface area (Å²) in [5, 5.41) is 7.19. The van der Waals surface area contributed by atoms with E-state index in [0.29, 0.717) is 6.42 Å². The zero-order valence-corrected chi connectivity index (χ0v) is 14.0. The van der Waals surface area contributed by atoms with E-state index in [1.54, 1.807) is 23.7 Å². The number of hydrogen-bond donors (Lipinski definition) is 1. The number of fused-ring (bicyclic) bond motifs is 1. The molecule has 4 nitrogen and oxygen atoms in total. The van der Waals surface area contributed by atoms with Gasteiger partial charge in [-0.2, -0.15) is 0 Å². The number of pyridine rings is 1. The van der Waals surface area contributed by atoms with Crippen LogP contribution in [0.15, 0.2) is 54.2 Å². The number of carbonyl (C=O) groups is 1. The summed E-state index contributed by atoms with van der Waals surface area (Å²) in [4.78, 5) is 19.9. The number of hydrogen-bond acceptors (Lipinski definition) is 4. The first-order chi connectivity index (χ1) is 11.1. The van der Waals surface area contributed by atoms with Crippen LogP contribution in [0.3, 0.4) is 0 Å². The number of nitrogens with zero attached hydrogens (tertiary/aromatic N) is 2. The van der Waals surface area contributed by atoms with Crippen molar-refractivity contribution >= 4 is 33.7 Å². The first kappa shape index (κ1) is 15.6. The summed E-state index contributed by atoms with van der Waals surface area (Å²) < 4.78 is 0. The maximum absolute atomic E-state index is 12.7. The van der Waals surface area contributed by atoms with Gasteiger partial charge < -0.3 is 5.32 Å². The smallest absolute Gasteiger partial charge is 0.242 e. The highest BCUT2D eigenvalue weighted by Gasteiger charge is 2.21. The van der Waals surface area contributed by atoms with E-state index in [-0.39, 0.29) is 11.9 Å². The summed E-state index contributed by atoms with van der Waals surface area (Å²) in [5.41, 5.74) is 0.800. The number of likely N-dealkylation sites (N-methyl/N-ethyl adjacent to an activating group) is 1. The Labute approximate surface area is 139 Å². The molecule has 5 heteroatoms. The molecule has 118 valence electrons. The van der Waals surface area contributed by atoms with E-state index in [2.05, 4.69) is 16.4 Å². The molecule has 0 radical (unpaired) electrons. The number of aromatic nitrogens is 1. The van der Waals surface area contributed by atoms with E-state index in [4.69, 9.17) is 0 Å². The van der Waals surface area contributed by atoms with Crippen LogP contribution in [0.1, 0.15) is 4.88 Å². The Morgan fingerprint density at radius 3 is 2.87 bits per heavy atom. The van der Waals surface area contributed by atoms with Gasteiger partial charge in [-0.15, -0.1) is 11.3 Å². The van der Waals surface area contributed by atoms with E-state index in [0.717, 1.165) is 16.5 Å². The third-order valence-electron chi connectivity index (χ3n) is 3.81. The summed E-state index contributed by atoms with van der Waals surface area (Å²) in [6, 6.07) is 11.7. The Morgan fingerprint density at radius 1 is 1.26 bits per heavy atom. The topological polar surface area (TPSA) is 45.2 Å². The van der Waals surface area contributed by atoms with Crippen LogP contribution in [0.4, 0.5) is 5.69 Å². The minimum atomic E-state index is -0.196. The van der Waals surface area contributed by atoms with Gasteiger partial charge >= 0.3 is 0 Å². The standard InChI is InChI=1S/C18H19N3OS/c1-21(2)17(11-16-4-3-9-23-16)18(22)20-15-6-5-13-7-8-19-12-14(13)10-15/h3-10,12,17H,11H2,1-2H3,(H,20,22). The lowest BCUT2D eigenvalue weighted by Crippen LogP contribution is -2.41. The molecule has 0 aliphatic heterocycles. The van der Waals surface area contributed by atoms with Crippen LogP contribution in [-0.4, -0.2) is 35.9 Å². The molecule has 0 fully saturated rings. The quantitative estimate of drug-likeness (QED) is 0.782. The normalized spacial score (nSPS) is 12.5. The monoisotopic (exact) mass is 325 g/mol. The van der Waals surface area contributed by atoms with Crippen LogP contribution < -0.4 is 5.32 Å². The van der Waals surface area contributed by atoms with Gasteiger partial charge in [-0.3, -0.25) is 14.7 Å². The van der Waals surface area contributed by atoms with Gasteiger partial charge in [0.15, 0.2) is 0 Å². The van der Waals surface area contributed by atoms with E-state index in [9.17, 15) is 4.79 Å². The summed E-state index contributed by atoms with van der Waals surface area (Å²) >= 11 is 1.68. The molecule has 1 aromatic carbocycles. The Balaban J connectivity index is 1.77. The first-order valence-corrected chi connectivity index (χ1v) is 8.35. The van der Waals surface area contributed by atoms with Crippen molar-refractivity contribution in [3.8, 4) is 0 Å². The molecule has 0 saturated carbocycles. The number of amides is 1. The third-order valence-corrected chi connectivity index (χ3v) is 4.71. The molecule has 2 heterocycles. The zero-order chi connectivity index (χ0) is 16.2. The zero-order valence-electron chi connectivity index (χ0n) is 13.2. The SMILES string of the molecule is CN(C)C(Cc1cccs1)C(=O)Nc1ccc2ccncc2c1. The van der Waals surface area contributed by atoms with Gasteiger partial charge in [-0.25, -0.2) is 0 Å². The maximum Gasteiger partial charge on any atom is 0.242 e. The second kappa shape index (κ2) is 6.89. The molecule has 0 spiro atoms. The molecule has 1 N–H and O–H groups in total. The van der Waals surface area contributed by atoms with Crippen molar-refractivity contribution in [2.45, 2.75) is 12.5 Å². The van der Waals surface area contributed by atoms with Crippen LogP contribution >= 0.6 is 11.3 Å². The second-order valence-corrected chi connectivity index (χ2v) is 6.72. The summed E-state index contributed by atoms with van der Waals surface area (Å²) in [7, 11) is 3.87. The predicted molar refractivity (Wildman–Crippen MR) is 95.9 cm³/mol. The number of rotatable bonds is 5. The first-order valence-electron chi connectivity index (χ1n) is 7.47. The highest BCUT2D eigenvalue weighted by Crippen LogP contribution is 2.19. The summed E-state index contributed by atoms with van der Waals surface area (Å²) in [6.45, 7) is 0. The van der Waals surface area contributed by atoms with Crippen LogP contribution in [0.5, 0.6) is 0 Å². The molecule has 1 amide bonds. The van der Waals surface area contributed by atoms with Crippen LogP contribution in [0.2, 0.25) is 0 Å². The van der Waals surface area contributed by atoms with Gasteiger partial charge in [0.05, 0.1) is 6.04 Å². The average Bonchev–Trinajstić information content (AvgIpc) is 3.05. The van der Waals surface area contributed by atoms with Crippen molar-refractivity contribution in [3.05, 3.63) is 59.0 Å². The lowest BCUT2D eigenvalue weighted by molar-refractivity contribution is -0.120. The Morgan fingerprint density at radius 2 is 2.13 bits per heavy atom.